The summed E-state index contributed by atoms with van der Waals surface area (Å²) in [5.74, 6) is 0.631. The molecule has 0 spiro atoms. The molecule has 1 unspecified atom stereocenters. The van der Waals surface area contributed by atoms with Gasteiger partial charge in [0.05, 0.1) is 0 Å². The first-order valence-electron chi connectivity index (χ1n) is 9.88. The minimum Gasteiger partial charge on any atom is -0.484 e. The van der Waals surface area contributed by atoms with Crippen LogP contribution in [0.1, 0.15) is 18.1 Å². The van der Waals surface area contributed by atoms with E-state index in [-0.39, 0.29) is 18.6 Å². The van der Waals surface area contributed by atoms with Gasteiger partial charge in [0.1, 0.15) is 5.75 Å². The van der Waals surface area contributed by atoms with E-state index in [0.29, 0.717) is 6.54 Å². The van der Waals surface area contributed by atoms with Crippen LogP contribution in [0.5, 0.6) is 5.75 Å². The highest BCUT2D eigenvalue weighted by atomic mass is 16.5. The molecule has 0 bridgehead atoms. The molecule has 4 heteroatoms. The van der Waals surface area contributed by atoms with Crippen molar-refractivity contribution in [2.24, 2.45) is 0 Å². The lowest BCUT2D eigenvalue weighted by molar-refractivity contribution is -0.123. The first kappa shape index (κ1) is 18.5. The number of carbonyl (C=O) groups is 1. The van der Waals surface area contributed by atoms with E-state index >= 15 is 0 Å². The molecule has 0 aliphatic carbocycles. The molecule has 4 rings (SSSR count). The van der Waals surface area contributed by atoms with Gasteiger partial charge in [0.2, 0.25) is 0 Å². The van der Waals surface area contributed by atoms with Crippen molar-refractivity contribution in [3.05, 3.63) is 77.9 Å². The molecule has 1 aliphatic rings. The summed E-state index contributed by atoms with van der Waals surface area (Å²) >= 11 is 0. The first-order valence-corrected chi connectivity index (χ1v) is 9.88. The normalized spacial score (nSPS) is 15.0. The van der Waals surface area contributed by atoms with Gasteiger partial charge in [0, 0.05) is 25.7 Å². The number of amides is 1. The fourth-order valence-electron chi connectivity index (χ4n) is 3.74. The van der Waals surface area contributed by atoms with Crippen molar-refractivity contribution in [3.8, 4) is 5.75 Å². The van der Waals surface area contributed by atoms with Gasteiger partial charge in [-0.3, -0.25) is 9.69 Å². The fraction of sp³-hybridized carbons (Fsp3) is 0.292. The molecule has 3 aromatic rings. The third kappa shape index (κ3) is 4.34. The Morgan fingerprint density at radius 3 is 2.64 bits per heavy atom. The van der Waals surface area contributed by atoms with Crippen molar-refractivity contribution in [1.29, 1.82) is 0 Å². The molecular formula is C24H26N2O2. The number of hydrogen-bond acceptors (Lipinski definition) is 3. The molecule has 144 valence electrons. The van der Waals surface area contributed by atoms with Gasteiger partial charge in [-0.2, -0.15) is 0 Å². The number of carbonyl (C=O) groups excluding carboxylic acids is 1. The second kappa shape index (κ2) is 8.44. The largest absolute Gasteiger partial charge is 0.484 e. The topological polar surface area (TPSA) is 41.6 Å². The minimum absolute atomic E-state index is 0.0356. The van der Waals surface area contributed by atoms with Crippen molar-refractivity contribution in [2.45, 2.75) is 25.9 Å². The number of ether oxygens (including phenoxy) is 1. The Kier molecular flexibility index (Phi) is 5.58. The van der Waals surface area contributed by atoms with Gasteiger partial charge in [-0.25, -0.2) is 0 Å². The fourth-order valence-corrected chi connectivity index (χ4v) is 3.74. The Labute approximate surface area is 166 Å². The number of fused-ring (bicyclic) bond motifs is 2. The zero-order chi connectivity index (χ0) is 19.3. The van der Waals surface area contributed by atoms with E-state index in [0.717, 1.165) is 36.0 Å². The summed E-state index contributed by atoms with van der Waals surface area (Å²) in [6.45, 7) is 4.80. The van der Waals surface area contributed by atoms with Crippen LogP contribution >= 0.6 is 0 Å². The number of nitrogens with zero attached hydrogens (tertiary/aromatic N) is 1. The van der Waals surface area contributed by atoms with Gasteiger partial charge in [-0.05, 0) is 47.4 Å². The number of benzene rings is 3. The quantitative estimate of drug-likeness (QED) is 0.714. The molecule has 1 heterocycles. The maximum atomic E-state index is 12.2. The lowest BCUT2D eigenvalue weighted by Gasteiger charge is -2.33. The number of hydrogen-bond donors (Lipinski definition) is 1. The summed E-state index contributed by atoms with van der Waals surface area (Å²) in [5, 5.41) is 5.28. The highest BCUT2D eigenvalue weighted by Crippen LogP contribution is 2.21. The van der Waals surface area contributed by atoms with Gasteiger partial charge in [-0.1, -0.05) is 54.6 Å². The molecule has 1 aliphatic heterocycles. The summed E-state index contributed by atoms with van der Waals surface area (Å²) in [7, 11) is 0. The highest BCUT2D eigenvalue weighted by Gasteiger charge is 2.20. The highest BCUT2D eigenvalue weighted by molar-refractivity contribution is 5.84. The van der Waals surface area contributed by atoms with E-state index in [9.17, 15) is 4.79 Å². The number of nitrogens with one attached hydrogen (secondary N) is 1. The maximum absolute atomic E-state index is 12.2. The molecular weight excluding hydrogens is 348 g/mol. The van der Waals surface area contributed by atoms with E-state index in [1.165, 1.54) is 11.1 Å². The Balaban J connectivity index is 1.25. The molecule has 0 aromatic heterocycles. The summed E-state index contributed by atoms with van der Waals surface area (Å²) in [6, 6.07) is 22.9. The number of rotatable bonds is 6. The van der Waals surface area contributed by atoms with Gasteiger partial charge in [0.15, 0.2) is 6.61 Å². The molecule has 3 aromatic carbocycles. The lowest BCUT2D eigenvalue weighted by atomic mass is 9.99. The zero-order valence-electron chi connectivity index (χ0n) is 16.2. The molecule has 0 saturated carbocycles. The standard InChI is InChI=1S/C24H26N2O2/c1-18(26-13-12-20-7-3-5-9-22(20)16-26)15-25-24(27)17-28-23-11-10-19-6-2-4-8-21(19)14-23/h2-11,14,18H,12-13,15-17H2,1H3,(H,25,27). The summed E-state index contributed by atoms with van der Waals surface area (Å²) < 4.78 is 5.67. The Morgan fingerprint density at radius 1 is 1.04 bits per heavy atom. The molecule has 28 heavy (non-hydrogen) atoms. The van der Waals surface area contributed by atoms with Crippen molar-refractivity contribution in [2.75, 3.05) is 19.7 Å². The van der Waals surface area contributed by atoms with Gasteiger partial charge in [0.25, 0.3) is 5.91 Å². The van der Waals surface area contributed by atoms with Crippen LogP contribution in [0, 0.1) is 0 Å². The maximum Gasteiger partial charge on any atom is 0.257 e. The average Bonchev–Trinajstić information content (AvgIpc) is 2.75. The second-order valence-corrected chi connectivity index (χ2v) is 7.44. The van der Waals surface area contributed by atoms with E-state index in [1.807, 2.05) is 36.4 Å². The average molecular weight is 374 g/mol. The van der Waals surface area contributed by atoms with Crippen molar-refractivity contribution in [1.82, 2.24) is 10.2 Å². The molecule has 0 saturated heterocycles. The van der Waals surface area contributed by atoms with Crippen LogP contribution in [-0.2, 0) is 17.8 Å². The SMILES string of the molecule is CC(CNC(=O)COc1ccc2ccccc2c1)N1CCc2ccccc2C1. The van der Waals surface area contributed by atoms with E-state index in [1.54, 1.807) is 0 Å². The van der Waals surface area contributed by atoms with Crippen LogP contribution in [0.2, 0.25) is 0 Å². The van der Waals surface area contributed by atoms with E-state index in [4.69, 9.17) is 4.74 Å². The smallest absolute Gasteiger partial charge is 0.257 e. The molecule has 0 fully saturated rings. The Hall–Kier alpha value is -2.85. The lowest BCUT2D eigenvalue weighted by Crippen LogP contribution is -2.45. The molecule has 0 radical (unpaired) electrons. The molecule has 4 nitrogen and oxygen atoms in total. The van der Waals surface area contributed by atoms with Crippen LogP contribution in [0.15, 0.2) is 66.7 Å². The summed E-state index contributed by atoms with van der Waals surface area (Å²) in [5.41, 5.74) is 2.84. The third-order valence-corrected chi connectivity index (χ3v) is 5.47. The van der Waals surface area contributed by atoms with Crippen LogP contribution < -0.4 is 10.1 Å². The van der Waals surface area contributed by atoms with Gasteiger partial charge in [-0.15, -0.1) is 0 Å². The first-order chi connectivity index (χ1) is 13.7. The third-order valence-electron chi connectivity index (χ3n) is 5.47. The van der Waals surface area contributed by atoms with Gasteiger partial charge < -0.3 is 10.1 Å². The minimum atomic E-state index is -0.0857. The zero-order valence-corrected chi connectivity index (χ0v) is 16.2. The van der Waals surface area contributed by atoms with Gasteiger partial charge >= 0.3 is 0 Å². The van der Waals surface area contributed by atoms with E-state index in [2.05, 4.69) is 47.5 Å². The summed E-state index contributed by atoms with van der Waals surface area (Å²) in [4.78, 5) is 14.6. The van der Waals surface area contributed by atoms with Crippen LogP contribution in [0.4, 0.5) is 0 Å². The summed E-state index contributed by atoms with van der Waals surface area (Å²) in [6.07, 6.45) is 1.07. The molecule has 1 amide bonds. The van der Waals surface area contributed by atoms with Crippen molar-refractivity contribution < 1.29 is 9.53 Å². The van der Waals surface area contributed by atoms with E-state index < -0.39 is 0 Å². The predicted octanol–water partition coefficient (Wildman–Crippen LogP) is 3.78. The molecule has 1 atom stereocenters. The van der Waals surface area contributed by atoms with Crippen LogP contribution in [0.25, 0.3) is 10.8 Å². The Morgan fingerprint density at radius 2 is 1.79 bits per heavy atom. The van der Waals surface area contributed by atoms with Crippen LogP contribution in [-0.4, -0.2) is 36.5 Å². The predicted molar refractivity (Wildman–Crippen MR) is 112 cm³/mol. The Bertz CT molecular complexity index is 969. The molecule has 1 N–H and O–H groups in total. The second-order valence-electron chi connectivity index (χ2n) is 7.44. The van der Waals surface area contributed by atoms with Crippen molar-refractivity contribution in [3.63, 3.8) is 0 Å². The van der Waals surface area contributed by atoms with Crippen LogP contribution in [0.3, 0.4) is 0 Å². The monoisotopic (exact) mass is 374 g/mol. The van der Waals surface area contributed by atoms with Crippen molar-refractivity contribution >= 4 is 16.7 Å².